The molecule has 0 aliphatic rings. The van der Waals surface area contributed by atoms with Gasteiger partial charge in [0.15, 0.2) is 11.6 Å². The van der Waals surface area contributed by atoms with E-state index in [-0.39, 0.29) is 22.3 Å². The van der Waals surface area contributed by atoms with E-state index < -0.39 is 10.0 Å². The van der Waals surface area contributed by atoms with Gasteiger partial charge in [-0.25, -0.2) is 22.8 Å². The average Bonchev–Trinajstić information content (AvgIpc) is 2.70. The van der Waals surface area contributed by atoms with E-state index in [1.54, 1.807) is 36.4 Å². The summed E-state index contributed by atoms with van der Waals surface area (Å²) in [5, 5.41) is 2.99. The summed E-state index contributed by atoms with van der Waals surface area (Å²) in [6.45, 7) is 0. The number of nitrogen functional groups attached to an aromatic ring is 1. The van der Waals surface area contributed by atoms with Crippen molar-refractivity contribution in [2.75, 3.05) is 15.8 Å². The number of anilines is 4. The van der Waals surface area contributed by atoms with Gasteiger partial charge in [0.2, 0.25) is 0 Å². The van der Waals surface area contributed by atoms with E-state index >= 15 is 0 Å². The predicted molar refractivity (Wildman–Crippen MR) is 111 cm³/mol. The molecule has 3 aromatic carbocycles. The van der Waals surface area contributed by atoms with Gasteiger partial charge in [0.25, 0.3) is 10.0 Å². The lowest BCUT2D eigenvalue weighted by atomic mass is 10.3. The number of benzene rings is 3. The molecule has 0 atom stereocenters. The van der Waals surface area contributed by atoms with Crippen LogP contribution in [0.5, 0.6) is 0 Å². The van der Waals surface area contributed by atoms with Gasteiger partial charge in [-0.2, -0.15) is 0 Å². The minimum absolute atomic E-state index is 0.000177. The molecule has 0 bridgehead atoms. The van der Waals surface area contributed by atoms with Crippen molar-refractivity contribution in [2.24, 2.45) is 0 Å². The van der Waals surface area contributed by atoms with Gasteiger partial charge in [0, 0.05) is 11.4 Å². The molecular weight excluding hydrogens is 393 g/mol. The summed E-state index contributed by atoms with van der Waals surface area (Å²) in [4.78, 5) is 8.87. The van der Waals surface area contributed by atoms with Gasteiger partial charge in [-0.1, -0.05) is 18.2 Å². The van der Waals surface area contributed by atoms with E-state index in [1.807, 2.05) is 0 Å². The summed E-state index contributed by atoms with van der Waals surface area (Å²) >= 11 is 0. The molecule has 0 saturated carbocycles. The van der Waals surface area contributed by atoms with Crippen molar-refractivity contribution in [3.05, 3.63) is 78.6 Å². The molecule has 9 heteroatoms. The van der Waals surface area contributed by atoms with Crippen LogP contribution in [-0.4, -0.2) is 18.4 Å². The lowest BCUT2D eigenvalue weighted by molar-refractivity contribution is 0.601. The Morgan fingerprint density at radius 2 is 1.48 bits per heavy atom. The Morgan fingerprint density at radius 1 is 0.828 bits per heavy atom. The van der Waals surface area contributed by atoms with Crippen LogP contribution in [0.2, 0.25) is 0 Å². The first-order chi connectivity index (χ1) is 13.9. The molecule has 1 aromatic heterocycles. The van der Waals surface area contributed by atoms with Crippen molar-refractivity contribution in [2.45, 2.75) is 4.90 Å². The molecule has 4 aromatic rings. The van der Waals surface area contributed by atoms with Gasteiger partial charge >= 0.3 is 0 Å². The lowest BCUT2D eigenvalue weighted by Crippen LogP contribution is -2.16. The van der Waals surface area contributed by atoms with Crippen molar-refractivity contribution in [1.82, 2.24) is 9.97 Å². The van der Waals surface area contributed by atoms with E-state index in [0.29, 0.717) is 22.4 Å². The summed E-state index contributed by atoms with van der Waals surface area (Å²) in [6, 6.07) is 18.6. The highest BCUT2D eigenvalue weighted by atomic mass is 32.2. The highest BCUT2D eigenvalue weighted by molar-refractivity contribution is 7.92. The number of nitrogens with zero attached hydrogens (tertiary/aromatic N) is 2. The van der Waals surface area contributed by atoms with E-state index in [1.165, 1.54) is 36.4 Å². The maximum Gasteiger partial charge on any atom is 0.263 e. The number of hydrogen-bond acceptors (Lipinski definition) is 6. The highest BCUT2D eigenvalue weighted by Crippen LogP contribution is 2.27. The van der Waals surface area contributed by atoms with Crippen molar-refractivity contribution >= 4 is 44.1 Å². The maximum absolute atomic E-state index is 13.2. The monoisotopic (exact) mass is 409 g/mol. The zero-order chi connectivity index (χ0) is 20.4. The molecule has 0 radical (unpaired) electrons. The minimum atomic E-state index is -3.96. The fraction of sp³-hybridized carbons (Fsp3) is 0. The second-order valence-electron chi connectivity index (χ2n) is 6.22. The van der Waals surface area contributed by atoms with Gasteiger partial charge in [-0.05, 0) is 54.6 Å². The smallest absolute Gasteiger partial charge is 0.263 e. The van der Waals surface area contributed by atoms with E-state index in [2.05, 4.69) is 20.0 Å². The zero-order valence-corrected chi connectivity index (χ0v) is 15.8. The molecule has 0 saturated heterocycles. The first-order valence-electron chi connectivity index (χ1n) is 8.58. The number of hydrogen-bond donors (Lipinski definition) is 3. The highest BCUT2D eigenvalue weighted by Gasteiger charge is 2.19. The third kappa shape index (κ3) is 4.09. The molecule has 0 spiro atoms. The van der Waals surface area contributed by atoms with Crippen LogP contribution in [0, 0.1) is 5.82 Å². The molecule has 0 fully saturated rings. The van der Waals surface area contributed by atoms with Crippen LogP contribution in [-0.2, 0) is 10.0 Å². The van der Waals surface area contributed by atoms with Gasteiger partial charge in [0.1, 0.15) is 5.82 Å². The number of nitrogens with one attached hydrogen (secondary N) is 2. The second kappa shape index (κ2) is 7.36. The largest absolute Gasteiger partial charge is 0.399 e. The normalized spacial score (nSPS) is 11.3. The topological polar surface area (TPSA) is 110 Å². The number of halogens is 1. The molecule has 29 heavy (non-hydrogen) atoms. The van der Waals surface area contributed by atoms with Gasteiger partial charge < -0.3 is 11.1 Å². The Morgan fingerprint density at radius 3 is 2.14 bits per heavy atom. The van der Waals surface area contributed by atoms with Gasteiger partial charge in [-0.15, -0.1) is 0 Å². The molecule has 0 aliphatic carbocycles. The van der Waals surface area contributed by atoms with Crippen LogP contribution >= 0.6 is 0 Å². The fourth-order valence-electron chi connectivity index (χ4n) is 2.70. The van der Waals surface area contributed by atoms with Crippen LogP contribution in [0.15, 0.2) is 77.7 Å². The van der Waals surface area contributed by atoms with Crippen LogP contribution < -0.4 is 15.8 Å². The first-order valence-corrected chi connectivity index (χ1v) is 10.1. The molecule has 0 unspecified atom stereocenters. The van der Waals surface area contributed by atoms with Gasteiger partial charge in [-0.3, -0.25) is 4.72 Å². The van der Waals surface area contributed by atoms with Gasteiger partial charge in [0.05, 0.1) is 15.9 Å². The zero-order valence-electron chi connectivity index (χ0n) is 15.0. The number of sulfonamides is 1. The molecular formula is C20H16FN5O2S. The molecule has 1 heterocycles. The number of rotatable bonds is 5. The van der Waals surface area contributed by atoms with E-state index in [4.69, 9.17) is 5.73 Å². The summed E-state index contributed by atoms with van der Waals surface area (Å²) in [5.74, 6) is -0.194. The number of para-hydroxylation sites is 2. The summed E-state index contributed by atoms with van der Waals surface area (Å²) < 4.78 is 41.3. The molecule has 7 nitrogen and oxygen atoms in total. The Balaban J connectivity index is 1.78. The Hall–Kier alpha value is -3.72. The van der Waals surface area contributed by atoms with E-state index in [9.17, 15) is 12.8 Å². The molecule has 4 rings (SSSR count). The van der Waals surface area contributed by atoms with E-state index in [0.717, 1.165) is 0 Å². The molecule has 4 N–H and O–H groups in total. The van der Waals surface area contributed by atoms with Crippen molar-refractivity contribution in [3.8, 4) is 0 Å². The summed E-state index contributed by atoms with van der Waals surface area (Å²) in [5.41, 5.74) is 7.64. The Kier molecular flexibility index (Phi) is 4.73. The van der Waals surface area contributed by atoms with Crippen LogP contribution in [0.4, 0.5) is 27.4 Å². The van der Waals surface area contributed by atoms with Crippen LogP contribution in [0.25, 0.3) is 11.0 Å². The second-order valence-corrected chi connectivity index (χ2v) is 7.90. The molecule has 146 valence electrons. The third-order valence-electron chi connectivity index (χ3n) is 4.08. The van der Waals surface area contributed by atoms with Crippen LogP contribution in [0.1, 0.15) is 0 Å². The SMILES string of the molecule is Nc1cccc(S(=O)(=O)Nc2nc3ccccc3nc2Nc2ccc(F)cc2)c1. The standard InChI is InChI=1S/C20H16FN5O2S/c21-13-8-10-15(11-9-13)23-19-20(25-18-7-2-1-6-17(18)24-19)26-29(27,28)16-5-3-4-14(22)12-16/h1-12H,22H2,(H,23,24)(H,25,26). The van der Waals surface area contributed by atoms with Crippen molar-refractivity contribution < 1.29 is 12.8 Å². The first kappa shape index (κ1) is 18.6. The Bertz CT molecular complexity index is 1290. The lowest BCUT2D eigenvalue weighted by Gasteiger charge is -2.14. The fourth-order valence-corrected chi connectivity index (χ4v) is 3.76. The average molecular weight is 409 g/mol. The number of aromatic nitrogens is 2. The molecule has 0 aliphatic heterocycles. The summed E-state index contributed by atoms with van der Waals surface area (Å²) in [7, 11) is -3.96. The maximum atomic E-state index is 13.2. The van der Waals surface area contributed by atoms with Crippen LogP contribution in [0.3, 0.4) is 0 Å². The number of nitrogens with two attached hydrogens (primary N) is 1. The Labute approximate surface area is 166 Å². The molecule has 0 amide bonds. The minimum Gasteiger partial charge on any atom is -0.399 e. The van der Waals surface area contributed by atoms with Crippen molar-refractivity contribution in [1.29, 1.82) is 0 Å². The van der Waals surface area contributed by atoms with Crippen molar-refractivity contribution in [3.63, 3.8) is 0 Å². The number of fused-ring (bicyclic) bond motifs is 1. The quantitative estimate of drug-likeness (QED) is 0.431. The predicted octanol–water partition coefficient (Wildman–Crippen LogP) is 3.90. The third-order valence-corrected chi connectivity index (χ3v) is 5.41. The summed E-state index contributed by atoms with van der Waals surface area (Å²) in [6.07, 6.45) is 0.